The summed E-state index contributed by atoms with van der Waals surface area (Å²) in [5.41, 5.74) is 1.76. The summed E-state index contributed by atoms with van der Waals surface area (Å²) in [4.78, 5) is 49.8. The van der Waals surface area contributed by atoms with E-state index in [1.807, 2.05) is 0 Å². The third-order valence-corrected chi connectivity index (χ3v) is 4.78. The van der Waals surface area contributed by atoms with E-state index < -0.39 is 18.0 Å². The Kier molecular flexibility index (Phi) is 4.43. The molecule has 0 aromatic heterocycles. The molecule has 142 valence electrons. The van der Waals surface area contributed by atoms with Gasteiger partial charge >= 0.3 is 11.9 Å². The third kappa shape index (κ3) is 3.15. The highest BCUT2D eigenvalue weighted by atomic mass is 16.6. The first-order chi connectivity index (χ1) is 13.4. The van der Waals surface area contributed by atoms with Gasteiger partial charge in [-0.3, -0.25) is 14.5 Å². The second-order valence-electron chi connectivity index (χ2n) is 6.82. The van der Waals surface area contributed by atoms with E-state index in [-0.39, 0.29) is 30.0 Å². The molecule has 0 N–H and O–H groups in total. The van der Waals surface area contributed by atoms with Gasteiger partial charge < -0.3 is 9.47 Å². The molecule has 2 heterocycles. The van der Waals surface area contributed by atoms with Crippen LogP contribution in [0, 0.1) is 0 Å². The van der Waals surface area contributed by atoms with Gasteiger partial charge in [0.25, 0.3) is 11.8 Å². The van der Waals surface area contributed by atoms with Crippen LogP contribution < -0.4 is 0 Å². The Morgan fingerprint density at radius 2 is 1.64 bits per heavy atom. The van der Waals surface area contributed by atoms with Crippen LogP contribution in [0.4, 0.5) is 0 Å². The maximum Gasteiger partial charge on any atom is 0.347 e. The molecule has 1 fully saturated rings. The van der Waals surface area contributed by atoms with E-state index >= 15 is 0 Å². The van der Waals surface area contributed by atoms with Crippen molar-refractivity contribution in [3.63, 3.8) is 0 Å². The predicted octanol–water partition coefficient (Wildman–Crippen LogP) is 2.34. The fourth-order valence-corrected chi connectivity index (χ4v) is 3.33. The van der Waals surface area contributed by atoms with E-state index in [4.69, 9.17) is 9.47 Å². The van der Waals surface area contributed by atoms with Crippen LogP contribution in [0.15, 0.2) is 48.5 Å². The topological polar surface area (TPSA) is 90.0 Å². The highest BCUT2D eigenvalue weighted by molar-refractivity contribution is 6.21. The van der Waals surface area contributed by atoms with Gasteiger partial charge in [0.15, 0.2) is 0 Å². The van der Waals surface area contributed by atoms with Crippen molar-refractivity contribution < 1.29 is 28.7 Å². The van der Waals surface area contributed by atoms with Gasteiger partial charge in [-0.1, -0.05) is 24.3 Å². The summed E-state index contributed by atoms with van der Waals surface area (Å²) in [6, 6.07) is 13.1. The van der Waals surface area contributed by atoms with Crippen molar-refractivity contribution in [1.29, 1.82) is 0 Å². The molecule has 0 aliphatic carbocycles. The number of ether oxygens (including phenoxy) is 2. The molecule has 4 rings (SSSR count). The quantitative estimate of drug-likeness (QED) is 0.598. The molecule has 2 atom stereocenters. The number of hydrogen-bond acceptors (Lipinski definition) is 6. The molecule has 1 saturated heterocycles. The van der Waals surface area contributed by atoms with Gasteiger partial charge in [-0.2, -0.15) is 0 Å². The van der Waals surface area contributed by atoms with Crippen molar-refractivity contribution in [2.75, 3.05) is 0 Å². The number of imide groups is 1. The lowest BCUT2D eigenvalue weighted by atomic mass is 10.1. The van der Waals surface area contributed by atoms with E-state index in [0.29, 0.717) is 23.1 Å². The van der Waals surface area contributed by atoms with Crippen LogP contribution in [0.3, 0.4) is 0 Å². The van der Waals surface area contributed by atoms with E-state index in [1.165, 1.54) is 4.90 Å². The largest absolute Gasteiger partial charge is 0.460 e. The van der Waals surface area contributed by atoms with Crippen LogP contribution >= 0.6 is 0 Å². The molecule has 0 spiro atoms. The molecule has 0 bridgehead atoms. The normalized spacial score (nSPS) is 20.9. The number of carbonyl (C=O) groups is 4. The Morgan fingerprint density at radius 1 is 1.04 bits per heavy atom. The highest BCUT2D eigenvalue weighted by Crippen LogP contribution is 2.24. The second kappa shape index (κ2) is 6.92. The lowest BCUT2D eigenvalue weighted by Crippen LogP contribution is -2.29. The molecule has 2 aromatic carbocycles. The lowest BCUT2D eigenvalue weighted by molar-refractivity contribution is -0.147. The second-order valence-corrected chi connectivity index (χ2v) is 6.82. The average molecular weight is 379 g/mol. The minimum Gasteiger partial charge on any atom is -0.460 e. The van der Waals surface area contributed by atoms with Gasteiger partial charge in [0.05, 0.1) is 23.2 Å². The highest BCUT2D eigenvalue weighted by Gasteiger charge is 2.36. The Morgan fingerprint density at radius 3 is 2.18 bits per heavy atom. The fourth-order valence-electron chi connectivity index (χ4n) is 3.33. The van der Waals surface area contributed by atoms with Gasteiger partial charge in [0.2, 0.25) is 6.10 Å². The molecule has 2 aliphatic rings. The molecule has 2 unspecified atom stereocenters. The van der Waals surface area contributed by atoms with Crippen LogP contribution in [-0.4, -0.2) is 40.9 Å². The molecule has 0 radical (unpaired) electrons. The number of rotatable bonds is 4. The Labute approximate surface area is 160 Å². The summed E-state index contributed by atoms with van der Waals surface area (Å²) in [7, 11) is 0. The van der Waals surface area contributed by atoms with E-state index in [1.54, 1.807) is 55.5 Å². The lowest BCUT2D eigenvalue weighted by Gasteiger charge is -2.14. The number of hydrogen-bond donors (Lipinski definition) is 0. The number of fused-ring (bicyclic) bond motifs is 1. The minimum absolute atomic E-state index is 0.105. The zero-order valence-electron chi connectivity index (χ0n) is 15.1. The standard InChI is InChI=1S/C21H17NO6/c1-12-10-17(21(26)27-12)28-20(25)14-8-6-13(7-9-14)11-22-18(23)15-4-2-3-5-16(15)19(22)24/h2-9,12,17H,10-11H2,1H3. The predicted molar refractivity (Wildman–Crippen MR) is 96.5 cm³/mol. The molecule has 7 nitrogen and oxygen atoms in total. The smallest absolute Gasteiger partial charge is 0.347 e. The van der Waals surface area contributed by atoms with Crippen molar-refractivity contribution in [3.05, 3.63) is 70.8 Å². The van der Waals surface area contributed by atoms with E-state index in [2.05, 4.69) is 0 Å². The van der Waals surface area contributed by atoms with Gasteiger partial charge in [0.1, 0.15) is 6.10 Å². The first-order valence-corrected chi connectivity index (χ1v) is 8.89. The Bertz CT molecular complexity index is 946. The van der Waals surface area contributed by atoms with Crippen LogP contribution in [0.5, 0.6) is 0 Å². The Balaban J connectivity index is 1.43. The van der Waals surface area contributed by atoms with Crippen LogP contribution in [0.1, 0.15) is 50.0 Å². The molecule has 2 aliphatic heterocycles. The first kappa shape index (κ1) is 17.9. The summed E-state index contributed by atoms with van der Waals surface area (Å²) in [6.07, 6.45) is -0.824. The SMILES string of the molecule is CC1CC(OC(=O)c2ccc(CN3C(=O)c4ccccc4C3=O)cc2)C(=O)O1. The zero-order valence-corrected chi connectivity index (χ0v) is 15.1. The van der Waals surface area contributed by atoms with Crippen molar-refractivity contribution >= 4 is 23.8 Å². The van der Waals surface area contributed by atoms with Gasteiger partial charge in [-0.15, -0.1) is 0 Å². The maximum absolute atomic E-state index is 12.4. The number of carbonyl (C=O) groups excluding carboxylic acids is 4. The molecule has 7 heteroatoms. The number of esters is 2. The minimum atomic E-state index is -0.888. The van der Waals surface area contributed by atoms with Crippen molar-refractivity contribution in [2.24, 2.45) is 0 Å². The number of benzene rings is 2. The fraction of sp³-hybridized carbons (Fsp3) is 0.238. The van der Waals surface area contributed by atoms with Crippen LogP contribution in [-0.2, 0) is 20.8 Å². The monoisotopic (exact) mass is 379 g/mol. The third-order valence-electron chi connectivity index (χ3n) is 4.78. The van der Waals surface area contributed by atoms with E-state index in [9.17, 15) is 19.2 Å². The van der Waals surface area contributed by atoms with Gasteiger partial charge in [-0.05, 0) is 36.8 Å². The molecule has 2 aromatic rings. The van der Waals surface area contributed by atoms with Gasteiger partial charge in [0, 0.05) is 6.42 Å². The number of nitrogens with zero attached hydrogens (tertiary/aromatic N) is 1. The summed E-state index contributed by atoms with van der Waals surface area (Å²) >= 11 is 0. The zero-order chi connectivity index (χ0) is 19.8. The average Bonchev–Trinajstić information content (AvgIpc) is 3.13. The summed E-state index contributed by atoms with van der Waals surface area (Å²) in [6.45, 7) is 1.84. The molecular weight excluding hydrogens is 362 g/mol. The molecular formula is C21H17NO6. The van der Waals surface area contributed by atoms with Crippen molar-refractivity contribution in [3.8, 4) is 0 Å². The molecule has 2 amide bonds. The van der Waals surface area contributed by atoms with Crippen molar-refractivity contribution in [1.82, 2.24) is 4.90 Å². The molecule has 28 heavy (non-hydrogen) atoms. The summed E-state index contributed by atoms with van der Waals surface area (Å²) in [5.74, 6) is -1.83. The van der Waals surface area contributed by atoms with Crippen molar-refractivity contribution in [2.45, 2.75) is 32.1 Å². The maximum atomic E-state index is 12.4. The van der Waals surface area contributed by atoms with Crippen LogP contribution in [0.25, 0.3) is 0 Å². The summed E-state index contributed by atoms with van der Waals surface area (Å²) < 4.78 is 10.2. The number of cyclic esters (lactones) is 1. The molecule has 0 saturated carbocycles. The van der Waals surface area contributed by atoms with E-state index in [0.717, 1.165) is 0 Å². The first-order valence-electron chi connectivity index (χ1n) is 8.89. The van der Waals surface area contributed by atoms with Crippen LogP contribution in [0.2, 0.25) is 0 Å². The summed E-state index contributed by atoms with van der Waals surface area (Å²) in [5, 5.41) is 0. The van der Waals surface area contributed by atoms with Gasteiger partial charge in [-0.25, -0.2) is 9.59 Å². The Hall–Kier alpha value is -3.48. The number of amides is 2.